The van der Waals surface area contributed by atoms with Crippen LogP contribution in [0.4, 0.5) is 0 Å². The van der Waals surface area contributed by atoms with E-state index in [1.807, 2.05) is 11.7 Å². The van der Waals surface area contributed by atoms with Crippen molar-refractivity contribution >= 4 is 0 Å². The molecule has 0 aliphatic rings. The average Bonchev–Trinajstić information content (AvgIpc) is 2.15. The summed E-state index contributed by atoms with van der Waals surface area (Å²) in [6, 6.07) is 0. The Hall–Kier alpha value is -0.790. The summed E-state index contributed by atoms with van der Waals surface area (Å²) in [6.07, 6.45) is 0. The van der Waals surface area contributed by atoms with Crippen LogP contribution in [0.5, 0.6) is 0 Å². The highest BCUT2D eigenvalue weighted by Crippen LogP contribution is 2.25. The minimum Gasteiger partial charge on any atom is -0.272 e. The molecule has 0 aromatic carbocycles. The van der Waals surface area contributed by atoms with Gasteiger partial charge in [-0.25, -0.2) is 0 Å². The van der Waals surface area contributed by atoms with Crippen LogP contribution in [0.1, 0.15) is 37.7 Å². The minimum atomic E-state index is 0.163. The lowest BCUT2D eigenvalue weighted by Gasteiger charge is -2.15. The lowest BCUT2D eigenvalue weighted by Crippen LogP contribution is -2.13. The zero-order valence-corrected chi connectivity index (χ0v) is 8.89. The molecule has 0 spiro atoms. The van der Waals surface area contributed by atoms with Crippen molar-refractivity contribution in [3.05, 3.63) is 17.0 Å². The summed E-state index contributed by atoms with van der Waals surface area (Å²) in [4.78, 5) is 0. The Morgan fingerprint density at radius 1 is 1.17 bits per heavy atom. The van der Waals surface area contributed by atoms with Crippen molar-refractivity contribution in [2.24, 2.45) is 7.05 Å². The molecular weight excluding hydrogens is 148 g/mol. The number of hydrogen-bond acceptors (Lipinski definition) is 1. The highest BCUT2D eigenvalue weighted by molar-refractivity contribution is 5.28. The van der Waals surface area contributed by atoms with Crippen LogP contribution < -0.4 is 0 Å². The average molecular weight is 166 g/mol. The predicted molar refractivity (Wildman–Crippen MR) is 51.4 cm³/mol. The molecule has 12 heavy (non-hydrogen) atoms. The van der Waals surface area contributed by atoms with Crippen molar-refractivity contribution in [3.8, 4) is 0 Å². The fraction of sp³-hybridized carbons (Fsp3) is 0.700. The van der Waals surface area contributed by atoms with Crippen molar-refractivity contribution in [1.82, 2.24) is 9.78 Å². The van der Waals surface area contributed by atoms with Gasteiger partial charge in [0, 0.05) is 18.2 Å². The van der Waals surface area contributed by atoms with Gasteiger partial charge in [0.1, 0.15) is 0 Å². The van der Waals surface area contributed by atoms with Gasteiger partial charge < -0.3 is 0 Å². The first-order valence-corrected chi connectivity index (χ1v) is 4.34. The molecule has 0 fully saturated rings. The van der Waals surface area contributed by atoms with Gasteiger partial charge in [0.05, 0.1) is 5.69 Å². The smallest absolute Gasteiger partial charge is 0.0709 e. The first kappa shape index (κ1) is 9.30. The lowest BCUT2D eigenvalue weighted by molar-refractivity contribution is 0.550. The van der Waals surface area contributed by atoms with E-state index in [2.05, 4.69) is 39.7 Å². The standard InChI is InChI=1S/C10H18N2/c1-7-8(2)12(6)11-9(7)10(3,4)5/h1-6H3. The molecule has 1 heterocycles. The second-order valence-corrected chi connectivity index (χ2v) is 4.43. The van der Waals surface area contributed by atoms with E-state index >= 15 is 0 Å². The molecule has 1 aromatic rings. The number of aryl methyl sites for hydroxylation is 1. The second kappa shape index (κ2) is 2.61. The van der Waals surface area contributed by atoms with Crippen LogP contribution in [-0.2, 0) is 12.5 Å². The Morgan fingerprint density at radius 3 is 1.83 bits per heavy atom. The molecule has 0 amide bonds. The van der Waals surface area contributed by atoms with E-state index in [0.717, 1.165) is 0 Å². The van der Waals surface area contributed by atoms with Crippen LogP contribution in [0.15, 0.2) is 0 Å². The number of aromatic nitrogens is 2. The summed E-state index contributed by atoms with van der Waals surface area (Å²) in [5.74, 6) is 0. The monoisotopic (exact) mass is 166 g/mol. The Morgan fingerprint density at radius 2 is 1.67 bits per heavy atom. The quantitative estimate of drug-likeness (QED) is 0.578. The molecule has 0 saturated heterocycles. The molecule has 68 valence electrons. The minimum absolute atomic E-state index is 0.163. The fourth-order valence-electron chi connectivity index (χ4n) is 1.43. The molecule has 0 aliphatic carbocycles. The zero-order chi connectivity index (χ0) is 9.52. The molecule has 1 rings (SSSR count). The van der Waals surface area contributed by atoms with Gasteiger partial charge in [-0.15, -0.1) is 0 Å². The number of hydrogen-bond donors (Lipinski definition) is 0. The second-order valence-electron chi connectivity index (χ2n) is 4.43. The van der Waals surface area contributed by atoms with Crippen LogP contribution in [0, 0.1) is 13.8 Å². The van der Waals surface area contributed by atoms with Gasteiger partial charge in [-0.3, -0.25) is 4.68 Å². The largest absolute Gasteiger partial charge is 0.272 e. The van der Waals surface area contributed by atoms with E-state index < -0.39 is 0 Å². The molecule has 0 radical (unpaired) electrons. The van der Waals surface area contributed by atoms with E-state index in [1.165, 1.54) is 17.0 Å². The van der Waals surface area contributed by atoms with Crippen LogP contribution in [-0.4, -0.2) is 9.78 Å². The van der Waals surface area contributed by atoms with Gasteiger partial charge in [0.25, 0.3) is 0 Å². The molecule has 0 N–H and O–H groups in total. The Balaban J connectivity index is 3.28. The first-order valence-electron chi connectivity index (χ1n) is 4.34. The lowest BCUT2D eigenvalue weighted by atomic mass is 9.89. The maximum absolute atomic E-state index is 4.50. The Labute approximate surface area is 74.6 Å². The van der Waals surface area contributed by atoms with E-state index in [-0.39, 0.29) is 5.41 Å². The molecule has 2 nitrogen and oxygen atoms in total. The third-order valence-corrected chi connectivity index (χ3v) is 2.34. The van der Waals surface area contributed by atoms with Gasteiger partial charge >= 0.3 is 0 Å². The van der Waals surface area contributed by atoms with Crippen molar-refractivity contribution in [2.45, 2.75) is 40.0 Å². The van der Waals surface area contributed by atoms with Crippen molar-refractivity contribution in [2.75, 3.05) is 0 Å². The van der Waals surface area contributed by atoms with Gasteiger partial charge in [0.15, 0.2) is 0 Å². The normalized spacial score (nSPS) is 12.2. The molecule has 2 heteroatoms. The number of nitrogens with zero attached hydrogens (tertiary/aromatic N) is 2. The first-order chi connectivity index (χ1) is 5.34. The molecule has 0 bridgehead atoms. The number of rotatable bonds is 0. The van der Waals surface area contributed by atoms with Crippen LogP contribution in [0.3, 0.4) is 0 Å². The molecule has 0 aliphatic heterocycles. The van der Waals surface area contributed by atoms with Crippen LogP contribution in [0.2, 0.25) is 0 Å². The van der Waals surface area contributed by atoms with E-state index in [9.17, 15) is 0 Å². The summed E-state index contributed by atoms with van der Waals surface area (Å²) in [7, 11) is 2.00. The summed E-state index contributed by atoms with van der Waals surface area (Å²) in [6.45, 7) is 10.8. The van der Waals surface area contributed by atoms with Gasteiger partial charge in [-0.2, -0.15) is 5.10 Å². The zero-order valence-electron chi connectivity index (χ0n) is 8.89. The van der Waals surface area contributed by atoms with E-state index in [1.54, 1.807) is 0 Å². The highest BCUT2D eigenvalue weighted by atomic mass is 15.3. The van der Waals surface area contributed by atoms with Crippen LogP contribution in [0.25, 0.3) is 0 Å². The summed E-state index contributed by atoms with van der Waals surface area (Å²) in [5, 5.41) is 4.50. The molecular formula is C10H18N2. The summed E-state index contributed by atoms with van der Waals surface area (Å²) < 4.78 is 1.95. The van der Waals surface area contributed by atoms with Gasteiger partial charge in [-0.1, -0.05) is 20.8 Å². The molecule has 0 saturated carbocycles. The Kier molecular flexibility index (Phi) is 2.02. The molecule has 0 atom stereocenters. The third kappa shape index (κ3) is 1.38. The topological polar surface area (TPSA) is 17.8 Å². The van der Waals surface area contributed by atoms with Crippen molar-refractivity contribution in [3.63, 3.8) is 0 Å². The van der Waals surface area contributed by atoms with Crippen molar-refractivity contribution in [1.29, 1.82) is 0 Å². The maximum Gasteiger partial charge on any atom is 0.0709 e. The third-order valence-electron chi connectivity index (χ3n) is 2.34. The fourth-order valence-corrected chi connectivity index (χ4v) is 1.43. The van der Waals surface area contributed by atoms with Crippen LogP contribution >= 0.6 is 0 Å². The SMILES string of the molecule is Cc1c(C(C)(C)C)nn(C)c1C. The highest BCUT2D eigenvalue weighted by Gasteiger charge is 2.21. The van der Waals surface area contributed by atoms with Gasteiger partial charge in [-0.05, 0) is 19.4 Å². The van der Waals surface area contributed by atoms with E-state index in [0.29, 0.717) is 0 Å². The Bertz CT molecular complexity index is 290. The van der Waals surface area contributed by atoms with Crippen molar-refractivity contribution < 1.29 is 0 Å². The predicted octanol–water partition coefficient (Wildman–Crippen LogP) is 2.33. The summed E-state index contributed by atoms with van der Waals surface area (Å²) in [5.41, 5.74) is 3.96. The summed E-state index contributed by atoms with van der Waals surface area (Å²) >= 11 is 0. The maximum atomic E-state index is 4.50. The van der Waals surface area contributed by atoms with E-state index in [4.69, 9.17) is 0 Å². The molecule has 1 aromatic heterocycles. The molecule has 0 unspecified atom stereocenters. The van der Waals surface area contributed by atoms with Gasteiger partial charge in [0.2, 0.25) is 0 Å².